The third kappa shape index (κ3) is 2.23. The highest BCUT2D eigenvalue weighted by atomic mass is 32.2. The average molecular weight is 268 g/mol. The molecule has 2 nitrogen and oxygen atoms in total. The van der Waals surface area contributed by atoms with Crippen LogP contribution in [0, 0.1) is 5.92 Å². The minimum atomic E-state index is 0.720. The third-order valence-corrected chi connectivity index (χ3v) is 5.15. The molecule has 0 amide bonds. The molecule has 1 unspecified atom stereocenters. The molecule has 0 bridgehead atoms. The van der Waals surface area contributed by atoms with Crippen molar-refractivity contribution in [2.45, 2.75) is 18.1 Å². The first-order valence-electron chi connectivity index (χ1n) is 6.86. The molecule has 0 saturated heterocycles. The van der Waals surface area contributed by atoms with Crippen LogP contribution in [0.1, 0.15) is 12.8 Å². The van der Waals surface area contributed by atoms with Crippen molar-refractivity contribution in [3.05, 3.63) is 42.5 Å². The second-order valence-corrected chi connectivity index (χ2v) is 6.52. The van der Waals surface area contributed by atoms with Crippen LogP contribution in [0.15, 0.2) is 47.5 Å². The second kappa shape index (κ2) is 4.57. The van der Waals surface area contributed by atoms with E-state index in [0.717, 1.165) is 22.9 Å². The molecule has 1 fully saturated rings. The average Bonchev–Trinajstić information content (AvgIpc) is 3.20. The second-order valence-electron chi connectivity index (χ2n) is 5.29. The number of thioether (sulfide) groups is 1. The van der Waals surface area contributed by atoms with Gasteiger partial charge in [-0.3, -0.25) is 4.99 Å². The minimum absolute atomic E-state index is 0.720. The van der Waals surface area contributed by atoms with Crippen LogP contribution in [0.25, 0.3) is 10.8 Å². The van der Waals surface area contributed by atoms with E-state index in [1.165, 1.54) is 29.3 Å². The first-order chi connectivity index (χ1) is 9.40. The molecule has 2 aromatic rings. The summed E-state index contributed by atoms with van der Waals surface area (Å²) in [5, 5.41) is 7.86. The summed E-state index contributed by atoms with van der Waals surface area (Å²) in [6, 6.07) is 14.9. The van der Waals surface area contributed by atoms with Crippen molar-refractivity contribution in [1.82, 2.24) is 0 Å². The van der Waals surface area contributed by atoms with Gasteiger partial charge in [-0.15, -0.1) is 0 Å². The Kier molecular flexibility index (Phi) is 2.73. The van der Waals surface area contributed by atoms with Crippen LogP contribution in [0.5, 0.6) is 0 Å². The number of aliphatic imine (C=N–C) groups is 1. The highest BCUT2D eigenvalue weighted by Gasteiger charge is 2.35. The van der Waals surface area contributed by atoms with E-state index in [4.69, 9.17) is 0 Å². The van der Waals surface area contributed by atoms with Crippen LogP contribution in [0.2, 0.25) is 0 Å². The summed E-state index contributed by atoms with van der Waals surface area (Å²) < 4.78 is 0. The van der Waals surface area contributed by atoms with Gasteiger partial charge in [0.1, 0.15) is 0 Å². The van der Waals surface area contributed by atoms with Crippen LogP contribution in [0.3, 0.4) is 0 Å². The fourth-order valence-corrected chi connectivity index (χ4v) is 3.84. The lowest BCUT2D eigenvalue weighted by Crippen LogP contribution is -2.09. The van der Waals surface area contributed by atoms with E-state index >= 15 is 0 Å². The fraction of sp³-hybridized carbons (Fsp3) is 0.312. The molecule has 0 aromatic heterocycles. The van der Waals surface area contributed by atoms with E-state index in [1.54, 1.807) is 0 Å². The number of hydrogen-bond donors (Lipinski definition) is 1. The van der Waals surface area contributed by atoms with Crippen LogP contribution in [-0.2, 0) is 0 Å². The normalized spacial score (nSPS) is 22.5. The van der Waals surface area contributed by atoms with Crippen LogP contribution in [-0.4, -0.2) is 17.0 Å². The highest BCUT2D eigenvalue weighted by molar-refractivity contribution is 8.15. The maximum Gasteiger partial charge on any atom is 0.161 e. The Hall–Kier alpha value is -1.48. The monoisotopic (exact) mass is 268 g/mol. The highest BCUT2D eigenvalue weighted by Crippen LogP contribution is 2.42. The lowest BCUT2D eigenvalue weighted by Gasteiger charge is -2.10. The zero-order chi connectivity index (χ0) is 12.7. The largest absolute Gasteiger partial charge is 0.334 e. The number of anilines is 1. The van der Waals surface area contributed by atoms with Gasteiger partial charge >= 0.3 is 0 Å². The van der Waals surface area contributed by atoms with Gasteiger partial charge < -0.3 is 5.32 Å². The van der Waals surface area contributed by atoms with Crippen LogP contribution in [0.4, 0.5) is 5.69 Å². The molecule has 1 saturated carbocycles. The molecule has 1 aliphatic heterocycles. The Morgan fingerprint density at radius 3 is 2.79 bits per heavy atom. The molecule has 4 rings (SSSR count). The van der Waals surface area contributed by atoms with Crippen molar-refractivity contribution in [3.63, 3.8) is 0 Å². The SMILES string of the molecule is c1ccc2c(NC3=NCC(C4CC4)S3)cccc2c1. The molecule has 19 heavy (non-hydrogen) atoms. The van der Waals surface area contributed by atoms with Crippen molar-refractivity contribution in [3.8, 4) is 0 Å². The van der Waals surface area contributed by atoms with Gasteiger partial charge in [0.15, 0.2) is 5.17 Å². The van der Waals surface area contributed by atoms with Gasteiger partial charge in [-0.1, -0.05) is 48.2 Å². The Bertz CT molecular complexity index is 641. The van der Waals surface area contributed by atoms with E-state index in [2.05, 4.69) is 52.8 Å². The number of benzene rings is 2. The maximum atomic E-state index is 4.65. The molecule has 1 aliphatic carbocycles. The Labute approximate surface area is 117 Å². The predicted molar refractivity (Wildman–Crippen MR) is 84.0 cm³/mol. The zero-order valence-electron chi connectivity index (χ0n) is 10.7. The quantitative estimate of drug-likeness (QED) is 0.885. The topological polar surface area (TPSA) is 24.4 Å². The first-order valence-corrected chi connectivity index (χ1v) is 7.74. The predicted octanol–water partition coefficient (Wildman–Crippen LogP) is 4.13. The number of amidine groups is 1. The van der Waals surface area contributed by atoms with Gasteiger partial charge in [-0.2, -0.15) is 0 Å². The summed E-state index contributed by atoms with van der Waals surface area (Å²) in [5.74, 6) is 0.917. The maximum absolute atomic E-state index is 4.65. The Morgan fingerprint density at radius 2 is 1.89 bits per heavy atom. The van der Waals surface area contributed by atoms with Gasteiger partial charge in [-0.25, -0.2) is 0 Å². The molecule has 96 valence electrons. The van der Waals surface area contributed by atoms with E-state index in [0.29, 0.717) is 0 Å². The van der Waals surface area contributed by atoms with Gasteiger partial charge in [0.25, 0.3) is 0 Å². The number of nitrogens with zero attached hydrogens (tertiary/aromatic N) is 1. The summed E-state index contributed by atoms with van der Waals surface area (Å²) in [7, 11) is 0. The molecule has 2 aromatic carbocycles. The molecule has 0 radical (unpaired) electrons. The molecular weight excluding hydrogens is 252 g/mol. The first kappa shape index (κ1) is 11.4. The summed E-state index contributed by atoms with van der Waals surface area (Å²) in [4.78, 5) is 4.65. The van der Waals surface area contributed by atoms with E-state index < -0.39 is 0 Å². The fourth-order valence-electron chi connectivity index (χ4n) is 2.62. The van der Waals surface area contributed by atoms with Crippen LogP contribution < -0.4 is 5.32 Å². The lowest BCUT2D eigenvalue weighted by molar-refractivity contribution is 0.773. The Balaban J connectivity index is 1.58. The standard InChI is InChI=1S/C16H16N2S/c1-2-6-13-11(4-1)5-3-7-14(13)18-16-17-10-15(19-16)12-8-9-12/h1-7,12,15H,8-10H2,(H,17,18). The molecule has 1 heterocycles. The van der Waals surface area contributed by atoms with Gasteiger partial charge in [0.2, 0.25) is 0 Å². The summed E-state index contributed by atoms with van der Waals surface area (Å²) in [6.45, 7) is 0.989. The lowest BCUT2D eigenvalue weighted by atomic mass is 10.1. The van der Waals surface area contributed by atoms with Gasteiger partial charge in [-0.05, 0) is 30.2 Å². The van der Waals surface area contributed by atoms with Crippen molar-refractivity contribution in [1.29, 1.82) is 0 Å². The summed E-state index contributed by atoms with van der Waals surface area (Å²) >= 11 is 1.92. The molecule has 1 atom stereocenters. The summed E-state index contributed by atoms with van der Waals surface area (Å²) in [5.41, 5.74) is 1.17. The number of fused-ring (bicyclic) bond motifs is 1. The molecule has 0 spiro atoms. The van der Waals surface area contributed by atoms with E-state index in [-0.39, 0.29) is 0 Å². The Morgan fingerprint density at radius 1 is 1.05 bits per heavy atom. The molecular formula is C16H16N2S. The van der Waals surface area contributed by atoms with Gasteiger partial charge in [0, 0.05) is 16.3 Å². The molecule has 1 N–H and O–H groups in total. The zero-order valence-corrected chi connectivity index (χ0v) is 11.5. The third-order valence-electron chi connectivity index (χ3n) is 3.86. The summed E-state index contributed by atoms with van der Waals surface area (Å²) in [6.07, 6.45) is 2.80. The van der Waals surface area contributed by atoms with Crippen molar-refractivity contribution >= 4 is 33.4 Å². The number of rotatable bonds is 2. The van der Waals surface area contributed by atoms with Crippen LogP contribution >= 0.6 is 11.8 Å². The molecule has 2 aliphatic rings. The number of nitrogens with one attached hydrogen (secondary N) is 1. The number of hydrogen-bond acceptors (Lipinski definition) is 3. The van der Waals surface area contributed by atoms with E-state index in [9.17, 15) is 0 Å². The smallest absolute Gasteiger partial charge is 0.161 e. The van der Waals surface area contributed by atoms with Crippen molar-refractivity contribution in [2.75, 3.05) is 11.9 Å². The minimum Gasteiger partial charge on any atom is -0.334 e. The van der Waals surface area contributed by atoms with Gasteiger partial charge in [0.05, 0.1) is 6.54 Å². The molecule has 3 heteroatoms. The van der Waals surface area contributed by atoms with E-state index in [1.807, 2.05) is 11.8 Å². The van der Waals surface area contributed by atoms with Crippen molar-refractivity contribution < 1.29 is 0 Å². The van der Waals surface area contributed by atoms with Crippen molar-refractivity contribution in [2.24, 2.45) is 10.9 Å².